The van der Waals surface area contributed by atoms with Gasteiger partial charge in [-0.05, 0) is 31.9 Å². The van der Waals surface area contributed by atoms with E-state index < -0.39 is 11.5 Å². The Kier molecular flexibility index (Phi) is 5.70. The molecule has 0 saturated heterocycles. The first-order valence-corrected chi connectivity index (χ1v) is 6.47. The van der Waals surface area contributed by atoms with Crippen LogP contribution in [0.4, 0.5) is 0 Å². The lowest BCUT2D eigenvalue weighted by atomic mass is 9.97. The summed E-state index contributed by atoms with van der Waals surface area (Å²) in [6, 6.07) is 7.21. The fraction of sp³-hybridized carbons (Fsp3) is 0.467. The summed E-state index contributed by atoms with van der Waals surface area (Å²) in [5.41, 5.74) is 0.787. The zero-order chi connectivity index (χ0) is 15.2. The van der Waals surface area contributed by atoms with Crippen molar-refractivity contribution < 1.29 is 19.4 Å². The fourth-order valence-electron chi connectivity index (χ4n) is 1.88. The van der Waals surface area contributed by atoms with Crippen molar-refractivity contribution in [2.24, 2.45) is 0 Å². The fourth-order valence-corrected chi connectivity index (χ4v) is 1.88. The van der Waals surface area contributed by atoms with Crippen LogP contribution in [0.5, 0.6) is 0 Å². The van der Waals surface area contributed by atoms with E-state index in [4.69, 9.17) is 9.84 Å². The summed E-state index contributed by atoms with van der Waals surface area (Å²) < 4.78 is 5.07. The van der Waals surface area contributed by atoms with Crippen molar-refractivity contribution in [2.75, 3.05) is 7.11 Å². The van der Waals surface area contributed by atoms with Crippen molar-refractivity contribution in [2.45, 2.75) is 38.8 Å². The van der Waals surface area contributed by atoms with Gasteiger partial charge in [0.05, 0.1) is 6.61 Å². The molecule has 0 aliphatic rings. The minimum absolute atomic E-state index is 0.0208. The second kappa shape index (κ2) is 7.05. The molecule has 20 heavy (non-hydrogen) atoms. The monoisotopic (exact) mass is 279 g/mol. The Morgan fingerprint density at radius 2 is 1.95 bits per heavy atom. The molecule has 0 atom stereocenters. The summed E-state index contributed by atoms with van der Waals surface area (Å²) in [6.07, 6.45) is 0.396. The largest absolute Gasteiger partial charge is 0.481 e. The van der Waals surface area contributed by atoms with E-state index in [1.165, 1.54) is 0 Å². The number of rotatable bonds is 7. The number of aliphatic carboxylic acids is 1. The van der Waals surface area contributed by atoms with Gasteiger partial charge in [0.25, 0.3) is 5.91 Å². The van der Waals surface area contributed by atoms with E-state index in [1.807, 2.05) is 26.0 Å². The first kappa shape index (κ1) is 16.2. The number of carbonyl (C=O) groups is 2. The normalized spacial score (nSPS) is 11.2. The van der Waals surface area contributed by atoms with Crippen LogP contribution in [-0.4, -0.2) is 29.6 Å². The number of benzene rings is 1. The predicted molar refractivity (Wildman–Crippen MR) is 75.6 cm³/mol. The van der Waals surface area contributed by atoms with Gasteiger partial charge in [-0.15, -0.1) is 0 Å². The standard InChI is InChI=1S/C15H21NO4/c1-15(2,9-8-13(17)18)16-14(19)12-7-5-4-6-11(12)10-20-3/h4-7H,8-10H2,1-3H3,(H,16,19)(H,17,18). The summed E-state index contributed by atoms with van der Waals surface area (Å²) in [5, 5.41) is 11.6. The maximum Gasteiger partial charge on any atom is 0.303 e. The zero-order valence-electron chi connectivity index (χ0n) is 12.1. The molecule has 1 amide bonds. The number of hydrogen-bond donors (Lipinski definition) is 2. The molecule has 0 bridgehead atoms. The van der Waals surface area contributed by atoms with Crippen LogP contribution in [0.1, 0.15) is 42.6 Å². The third-order valence-corrected chi connectivity index (χ3v) is 2.98. The van der Waals surface area contributed by atoms with Gasteiger partial charge in [-0.2, -0.15) is 0 Å². The molecule has 0 heterocycles. The summed E-state index contributed by atoms with van der Waals surface area (Å²) in [5.74, 6) is -1.08. The number of carboxylic acids is 1. The molecule has 0 radical (unpaired) electrons. The number of ether oxygens (including phenoxy) is 1. The van der Waals surface area contributed by atoms with Crippen LogP contribution in [0.3, 0.4) is 0 Å². The number of carboxylic acid groups (broad SMARTS) is 1. The topological polar surface area (TPSA) is 75.6 Å². The van der Waals surface area contributed by atoms with Crippen LogP contribution < -0.4 is 5.32 Å². The Morgan fingerprint density at radius 1 is 1.30 bits per heavy atom. The third-order valence-electron chi connectivity index (χ3n) is 2.98. The van der Waals surface area contributed by atoms with E-state index in [9.17, 15) is 9.59 Å². The quantitative estimate of drug-likeness (QED) is 0.802. The zero-order valence-corrected chi connectivity index (χ0v) is 12.1. The highest BCUT2D eigenvalue weighted by atomic mass is 16.5. The molecule has 1 aromatic rings. The van der Waals surface area contributed by atoms with Crippen LogP contribution in [0, 0.1) is 0 Å². The lowest BCUT2D eigenvalue weighted by molar-refractivity contribution is -0.137. The second-order valence-corrected chi connectivity index (χ2v) is 5.32. The minimum Gasteiger partial charge on any atom is -0.481 e. The van der Waals surface area contributed by atoms with Crippen LogP contribution >= 0.6 is 0 Å². The first-order chi connectivity index (χ1) is 9.35. The predicted octanol–water partition coefficient (Wildman–Crippen LogP) is 2.21. The lowest BCUT2D eigenvalue weighted by Crippen LogP contribution is -2.44. The van der Waals surface area contributed by atoms with Crippen molar-refractivity contribution in [3.05, 3.63) is 35.4 Å². The van der Waals surface area contributed by atoms with Crippen molar-refractivity contribution in [3.63, 3.8) is 0 Å². The number of nitrogens with one attached hydrogen (secondary N) is 1. The van der Waals surface area contributed by atoms with Crippen molar-refractivity contribution in [1.29, 1.82) is 0 Å². The molecule has 0 spiro atoms. The highest BCUT2D eigenvalue weighted by Crippen LogP contribution is 2.15. The maximum atomic E-state index is 12.3. The van der Waals surface area contributed by atoms with Gasteiger partial charge in [0.1, 0.15) is 0 Å². The maximum absolute atomic E-state index is 12.3. The molecule has 0 unspecified atom stereocenters. The van der Waals surface area contributed by atoms with Gasteiger partial charge in [0.2, 0.25) is 0 Å². The SMILES string of the molecule is COCc1ccccc1C(=O)NC(C)(C)CCC(=O)O. The van der Waals surface area contributed by atoms with E-state index in [0.717, 1.165) is 5.56 Å². The smallest absolute Gasteiger partial charge is 0.303 e. The number of amides is 1. The van der Waals surface area contributed by atoms with E-state index in [-0.39, 0.29) is 12.3 Å². The summed E-state index contributed by atoms with van der Waals surface area (Å²) in [6.45, 7) is 3.98. The van der Waals surface area contributed by atoms with Crippen molar-refractivity contribution >= 4 is 11.9 Å². The second-order valence-electron chi connectivity index (χ2n) is 5.32. The van der Waals surface area contributed by atoms with E-state index in [2.05, 4.69) is 5.32 Å². The van der Waals surface area contributed by atoms with Crippen LogP contribution in [0.2, 0.25) is 0 Å². The van der Waals surface area contributed by atoms with Gasteiger partial charge >= 0.3 is 5.97 Å². The van der Waals surface area contributed by atoms with Crippen molar-refractivity contribution in [1.82, 2.24) is 5.32 Å². The Labute approximate surface area is 118 Å². The summed E-state index contributed by atoms with van der Waals surface area (Å²) in [4.78, 5) is 22.9. The van der Waals surface area contributed by atoms with Gasteiger partial charge in [0, 0.05) is 24.6 Å². The van der Waals surface area contributed by atoms with Crippen molar-refractivity contribution in [3.8, 4) is 0 Å². The molecule has 0 saturated carbocycles. The van der Waals surface area contributed by atoms with E-state index in [1.54, 1.807) is 19.2 Å². The molecule has 0 aliphatic carbocycles. The Hall–Kier alpha value is -1.88. The van der Waals surface area contributed by atoms with Crippen LogP contribution in [0.25, 0.3) is 0 Å². The Balaban J connectivity index is 2.77. The molecule has 110 valence electrons. The molecule has 1 aromatic carbocycles. The highest BCUT2D eigenvalue weighted by molar-refractivity contribution is 5.96. The third kappa shape index (κ3) is 5.01. The lowest BCUT2D eigenvalue weighted by Gasteiger charge is -2.26. The molecule has 1 rings (SSSR count). The van der Waals surface area contributed by atoms with Crippen LogP contribution in [-0.2, 0) is 16.1 Å². The summed E-state index contributed by atoms with van der Waals surface area (Å²) >= 11 is 0. The minimum atomic E-state index is -0.868. The Bertz CT molecular complexity index is 483. The van der Waals surface area contributed by atoms with E-state index in [0.29, 0.717) is 18.6 Å². The molecule has 5 nitrogen and oxygen atoms in total. The van der Waals surface area contributed by atoms with Gasteiger partial charge in [-0.25, -0.2) is 0 Å². The first-order valence-electron chi connectivity index (χ1n) is 6.47. The molecular weight excluding hydrogens is 258 g/mol. The molecule has 2 N–H and O–H groups in total. The molecule has 0 aromatic heterocycles. The average molecular weight is 279 g/mol. The average Bonchev–Trinajstić information content (AvgIpc) is 2.37. The van der Waals surface area contributed by atoms with Gasteiger partial charge in [0.15, 0.2) is 0 Å². The highest BCUT2D eigenvalue weighted by Gasteiger charge is 2.23. The van der Waals surface area contributed by atoms with Gasteiger partial charge in [-0.1, -0.05) is 18.2 Å². The molecular formula is C15H21NO4. The molecule has 0 aliphatic heterocycles. The van der Waals surface area contributed by atoms with E-state index >= 15 is 0 Å². The Morgan fingerprint density at radius 3 is 2.55 bits per heavy atom. The number of hydrogen-bond acceptors (Lipinski definition) is 3. The number of carbonyl (C=O) groups excluding carboxylic acids is 1. The molecule has 0 fully saturated rings. The van der Waals surface area contributed by atoms with Crippen LogP contribution in [0.15, 0.2) is 24.3 Å². The number of methoxy groups -OCH3 is 1. The molecule has 5 heteroatoms. The van der Waals surface area contributed by atoms with Gasteiger partial charge < -0.3 is 15.2 Å². The summed E-state index contributed by atoms with van der Waals surface area (Å²) in [7, 11) is 1.57. The van der Waals surface area contributed by atoms with Gasteiger partial charge in [-0.3, -0.25) is 9.59 Å².